The number of nitrogens with two attached hydrogens (primary N) is 1. The van der Waals surface area contributed by atoms with Gasteiger partial charge in [0.2, 0.25) is 0 Å². The first-order chi connectivity index (χ1) is 8.10. The van der Waals surface area contributed by atoms with Crippen LogP contribution in [0.4, 0.5) is 0 Å². The fraction of sp³-hybridized carbons (Fsp3) is 0.727. The smallest absolute Gasteiger partial charge is 0.0929 e. The topological polar surface area (TPSA) is 62.3 Å². The molecule has 0 amide bonds. The highest BCUT2D eigenvalue weighted by Gasteiger charge is 2.41. The van der Waals surface area contributed by atoms with Gasteiger partial charge in [-0.05, 0) is 0 Å². The summed E-state index contributed by atoms with van der Waals surface area (Å²) in [6.45, 7) is 1.33. The first kappa shape index (κ1) is 12.8. The predicted octanol–water partition coefficient (Wildman–Crippen LogP) is 1.27. The van der Waals surface area contributed by atoms with Gasteiger partial charge in [-0.2, -0.15) is 5.10 Å². The average Bonchev–Trinajstić information content (AvgIpc) is 2.69. The van der Waals surface area contributed by atoms with E-state index in [0.29, 0.717) is 18.2 Å². The van der Waals surface area contributed by atoms with Gasteiger partial charge in [0.25, 0.3) is 0 Å². The third kappa shape index (κ3) is 2.20. The van der Waals surface area contributed by atoms with Crippen molar-refractivity contribution in [2.75, 3.05) is 20.3 Å². The molecule has 0 spiro atoms. The van der Waals surface area contributed by atoms with Crippen LogP contribution in [0.25, 0.3) is 0 Å². The van der Waals surface area contributed by atoms with Crippen LogP contribution >= 0.6 is 11.6 Å². The van der Waals surface area contributed by atoms with Gasteiger partial charge in [-0.3, -0.25) is 4.68 Å². The number of rotatable bonds is 3. The minimum absolute atomic E-state index is 0.295. The number of hydrogen-bond acceptors (Lipinski definition) is 4. The lowest BCUT2D eigenvalue weighted by molar-refractivity contribution is -0.106. The monoisotopic (exact) mass is 259 g/mol. The van der Waals surface area contributed by atoms with E-state index in [-0.39, 0.29) is 6.04 Å². The molecular weight excluding hydrogens is 242 g/mol. The number of methoxy groups -OCH3 is 1. The lowest BCUT2D eigenvalue weighted by atomic mass is 9.84. The summed E-state index contributed by atoms with van der Waals surface area (Å²) in [5.41, 5.74) is 6.74. The number of aryl methyl sites for hydroxylation is 1. The molecule has 1 aromatic rings. The third-order valence-corrected chi connectivity index (χ3v) is 3.84. The quantitative estimate of drug-likeness (QED) is 0.888. The van der Waals surface area contributed by atoms with E-state index in [1.165, 1.54) is 0 Å². The van der Waals surface area contributed by atoms with Gasteiger partial charge in [-0.25, -0.2) is 0 Å². The van der Waals surface area contributed by atoms with E-state index >= 15 is 0 Å². The zero-order valence-corrected chi connectivity index (χ0v) is 10.9. The number of hydrogen-bond donors (Lipinski definition) is 1. The van der Waals surface area contributed by atoms with Crippen LogP contribution in [0.15, 0.2) is 6.20 Å². The fourth-order valence-corrected chi connectivity index (χ4v) is 2.66. The summed E-state index contributed by atoms with van der Waals surface area (Å²) in [6, 6.07) is -0.295. The Morgan fingerprint density at radius 2 is 2.24 bits per heavy atom. The first-order valence-electron chi connectivity index (χ1n) is 5.66. The maximum absolute atomic E-state index is 6.34. The van der Waals surface area contributed by atoms with Crippen molar-refractivity contribution in [3.63, 3.8) is 0 Å². The Balaban J connectivity index is 2.31. The van der Waals surface area contributed by atoms with Crippen molar-refractivity contribution in [1.29, 1.82) is 0 Å². The molecule has 17 heavy (non-hydrogen) atoms. The Labute approximate surface area is 106 Å². The Morgan fingerprint density at radius 3 is 2.71 bits per heavy atom. The number of ether oxygens (including phenoxy) is 2. The Kier molecular flexibility index (Phi) is 3.73. The average molecular weight is 260 g/mol. The van der Waals surface area contributed by atoms with Crippen LogP contribution in [-0.2, 0) is 16.5 Å². The van der Waals surface area contributed by atoms with E-state index in [9.17, 15) is 0 Å². The van der Waals surface area contributed by atoms with Crippen LogP contribution in [0, 0.1) is 0 Å². The van der Waals surface area contributed by atoms with E-state index in [4.69, 9.17) is 26.8 Å². The van der Waals surface area contributed by atoms with E-state index in [1.807, 2.05) is 7.05 Å². The molecule has 96 valence electrons. The molecule has 0 aliphatic carbocycles. The van der Waals surface area contributed by atoms with Gasteiger partial charge in [-0.1, -0.05) is 11.6 Å². The molecule has 6 heteroatoms. The highest BCUT2D eigenvalue weighted by atomic mass is 35.5. The molecule has 2 heterocycles. The van der Waals surface area contributed by atoms with Gasteiger partial charge in [0.15, 0.2) is 0 Å². The molecule has 1 aliphatic rings. The van der Waals surface area contributed by atoms with Crippen LogP contribution in [0.5, 0.6) is 0 Å². The molecule has 1 fully saturated rings. The second-order valence-electron chi connectivity index (χ2n) is 4.36. The number of nitrogens with zero attached hydrogens (tertiary/aromatic N) is 2. The molecule has 1 saturated heterocycles. The number of halogens is 1. The van der Waals surface area contributed by atoms with Crippen molar-refractivity contribution in [2.45, 2.75) is 24.5 Å². The van der Waals surface area contributed by atoms with Gasteiger partial charge < -0.3 is 15.2 Å². The molecule has 0 bridgehead atoms. The summed E-state index contributed by atoms with van der Waals surface area (Å²) in [6.07, 6.45) is 3.15. The predicted molar refractivity (Wildman–Crippen MR) is 64.9 cm³/mol. The Hall–Kier alpha value is -0.620. The van der Waals surface area contributed by atoms with Crippen molar-refractivity contribution in [1.82, 2.24) is 9.78 Å². The molecule has 1 unspecified atom stereocenters. The maximum Gasteiger partial charge on any atom is 0.0929 e. The first-order valence-corrected chi connectivity index (χ1v) is 6.04. The normalized spacial score (nSPS) is 21.4. The van der Waals surface area contributed by atoms with E-state index in [0.717, 1.165) is 18.5 Å². The summed E-state index contributed by atoms with van der Waals surface area (Å²) in [7, 11) is 3.53. The van der Waals surface area contributed by atoms with Crippen molar-refractivity contribution < 1.29 is 9.47 Å². The van der Waals surface area contributed by atoms with Crippen LogP contribution in [0.2, 0.25) is 5.02 Å². The molecule has 5 nitrogen and oxygen atoms in total. The van der Waals surface area contributed by atoms with Crippen molar-refractivity contribution in [3.8, 4) is 0 Å². The molecule has 2 N–H and O–H groups in total. The zero-order valence-electron chi connectivity index (χ0n) is 10.1. The Bertz CT molecular complexity index is 369. The minimum atomic E-state index is -0.407. The minimum Gasteiger partial charge on any atom is -0.381 e. The fourth-order valence-electron chi connectivity index (χ4n) is 2.38. The summed E-state index contributed by atoms with van der Waals surface area (Å²) in [5.74, 6) is 0. The van der Waals surface area contributed by atoms with E-state index in [1.54, 1.807) is 18.0 Å². The van der Waals surface area contributed by atoms with Crippen molar-refractivity contribution >= 4 is 11.6 Å². The second kappa shape index (κ2) is 4.94. The van der Waals surface area contributed by atoms with Crippen molar-refractivity contribution in [2.24, 2.45) is 12.8 Å². The standard InChI is InChI=1S/C11H18ClN3O2/c1-15-9(8(12)7-14-15)10(13)11(16-2)3-5-17-6-4-11/h7,10H,3-6,13H2,1-2H3. The van der Waals surface area contributed by atoms with Crippen LogP contribution in [0.3, 0.4) is 0 Å². The molecule has 2 rings (SSSR count). The maximum atomic E-state index is 6.34. The van der Waals surface area contributed by atoms with Gasteiger partial charge in [-0.15, -0.1) is 0 Å². The van der Waals surface area contributed by atoms with Crippen LogP contribution in [0.1, 0.15) is 24.6 Å². The molecule has 0 saturated carbocycles. The molecule has 1 aliphatic heterocycles. The molecular formula is C11H18ClN3O2. The molecule has 0 aromatic carbocycles. The van der Waals surface area contributed by atoms with Crippen LogP contribution < -0.4 is 5.73 Å². The SMILES string of the molecule is COC1(C(N)c2c(Cl)cnn2C)CCOCC1. The van der Waals surface area contributed by atoms with Crippen molar-refractivity contribution in [3.05, 3.63) is 16.9 Å². The summed E-state index contributed by atoms with van der Waals surface area (Å²) in [4.78, 5) is 0. The van der Waals surface area contributed by atoms with Crippen LogP contribution in [-0.4, -0.2) is 35.7 Å². The second-order valence-corrected chi connectivity index (χ2v) is 4.77. The Morgan fingerprint density at radius 1 is 1.59 bits per heavy atom. The van der Waals surface area contributed by atoms with Gasteiger partial charge >= 0.3 is 0 Å². The van der Waals surface area contributed by atoms with Gasteiger partial charge in [0.05, 0.1) is 28.6 Å². The molecule has 1 atom stereocenters. The van der Waals surface area contributed by atoms with Gasteiger partial charge in [0.1, 0.15) is 0 Å². The van der Waals surface area contributed by atoms with Gasteiger partial charge in [0, 0.05) is 40.2 Å². The third-order valence-electron chi connectivity index (χ3n) is 3.54. The lowest BCUT2D eigenvalue weighted by Gasteiger charge is -2.40. The summed E-state index contributed by atoms with van der Waals surface area (Å²) in [5, 5.41) is 4.70. The number of aromatic nitrogens is 2. The highest BCUT2D eigenvalue weighted by molar-refractivity contribution is 6.31. The summed E-state index contributed by atoms with van der Waals surface area (Å²) < 4.78 is 12.7. The molecule has 0 radical (unpaired) electrons. The highest BCUT2D eigenvalue weighted by Crippen LogP contribution is 2.37. The largest absolute Gasteiger partial charge is 0.381 e. The lowest BCUT2D eigenvalue weighted by Crippen LogP contribution is -2.48. The summed E-state index contributed by atoms with van der Waals surface area (Å²) >= 11 is 6.13. The van der Waals surface area contributed by atoms with E-state index in [2.05, 4.69) is 5.10 Å². The molecule has 1 aromatic heterocycles. The van der Waals surface area contributed by atoms with E-state index < -0.39 is 5.60 Å². The zero-order chi connectivity index (χ0) is 12.5.